The Balaban J connectivity index is 1.88. The lowest BCUT2D eigenvalue weighted by atomic mass is 10.2. The first-order valence-corrected chi connectivity index (χ1v) is 6.85. The van der Waals surface area contributed by atoms with E-state index in [-0.39, 0.29) is 6.79 Å². The molecule has 4 rings (SSSR count). The smallest absolute Gasteiger partial charge is 0.231 e. The minimum absolute atomic E-state index is 0.263. The average Bonchev–Trinajstić information content (AvgIpc) is 3.03. The van der Waals surface area contributed by atoms with Crippen molar-refractivity contribution in [3.05, 3.63) is 34.8 Å². The molecule has 0 saturated carbocycles. The van der Waals surface area contributed by atoms with Crippen molar-refractivity contribution in [2.24, 2.45) is 0 Å². The van der Waals surface area contributed by atoms with Gasteiger partial charge >= 0.3 is 0 Å². The van der Waals surface area contributed by atoms with Gasteiger partial charge in [-0.25, -0.2) is 4.98 Å². The fraction of sp³-hybridized carbons (Fsp3) is 0.0714. The molecule has 3 N–H and O–H groups in total. The highest BCUT2D eigenvalue weighted by molar-refractivity contribution is 9.10. The third-order valence-corrected chi connectivity index (χ3v) is 3.68. The summed E-state index contributed by atoms with van der Waals surface area (Å²) in [5.74, 6) is 2.24. The van der Waals surface area contributed by atoms with Crippen molar-refractivity contribution in [3.8, 4) is 22.9 Å². The fourth-order valence-electron chi connectivity index (χ4n) is 2.29. The summed E-state index contributed by atoms with van der Waals surface area (Å²) in [7, 11) is 0. The number of ether oxygens (including phenoxy) is 2. The molecular weight excluding hydrogens is 322 g/mol. The monoisotopic (exact) mass is 331 g/mol. The van der Waals surface area contributed by atoms with Gasteiger partial charge in [0.25, 0.3) is 0 Å². The number of rotatable bonds is 1. The Labute approximate surface area is 122 Å². The minimum Gasteiger partial charge on any atom is -0.454 e. The molecule has 6 heteroatoms. The highest BCUT2D eigenvalue weighted by Gasteiger charge is 2.16. The number of nitrogens with zero attached hydrogens (tertiary/aromatic N) is 1. The Kier molecular flexibility index (Phi) is 2.40. The second-order valence-electron chi connectivity index (χ2n) is 4.54. The topological polar surface area (TPSA) is 73.2 Å². The third kappa shape index (κ3) is 1.72. The van der Waals surface area contributed by atoms with Crippen LogP contribution < -0.4 is 15.2 Å². The molecule has 1 aliphatic rings. The number of nitrogens with two attached hydrogens (primary N) is 1. The molecule has 2 heterocycles. The normalized spacial score (nSPS) is 13.1. The van der Waals surface area contributed by atoms with Gasteiger partial charge in [0.05, 0.1) is 11.2 Å². The van der Waals surface area contributed by atoms with Gasteiger partial charge in [-0.15, -0.1) is 0 Å². The van der Waals surface area contributed by atoms with Gasteiger partial charge in [0.15, 0.2) is 11.5 Å². The van der Waals surface area contributed by atoms with Gasteiger partial charge < -0.3 is 20.2 Å². The number of aromatic nitrogens is 2. The van der Waals surface area contributed by atoms with Crippen molar-refractivity contribution in [1.29, 1.82) is 0 Å². The van der Waals surface area contributed by atoms with Crippen LogP contribution in [0.1, 0.15) is 0 Å². The molecule has 1 aromatic heterocycles. The van der Waals surface area contributed by atoms with Crippen LogP contribution in [0.3, 0.4) is 0 Å². The van der Waals surface area contributed by atoms with E-state index in [0.717, 1.165) is 38.4 Å². The third-order valence-electron chi connectivity index (χ3n) is 3.23. The van der Waals surface area contributed by atoms with Crippen molar-refractivity contribution in [2.75, 3.05) is 12.5 Å². The number of imidazole rings is 1. The van der Waals surface area contributed by atoms with Crippen LogP contribution in [0, 0.1) is 0 Å². The molecule has 0 unspecified atom stereocenters. The van der Waals surface area contributed by atoms with Crippen LogP contribution in [0.5, 0.6) is 11.5 Å². The van der Waals surface area contributed by atoms with Gasteiger partial charge in [-0.05, 0) is 30.3 Å². The molecule has 100 valence electrons. The first kappa shape index (κ1) is 11.6. The number of anilines is 1. The standard InChI is InChI=1S/C14H10BrN3O2/c15-8-4-9(16)13-10(5-8)17-14(18-13)7-1-2-11-12(3-7)20-6-19-11/h1-5H,6,16H2,(H,17,18). The highest BCUT2D eigenvalue weighted by Crippen LogP contribution is 2.36. The first-order chi connectivity index (χ1) is 9.70. The summed E-state index contributed by atoms with van der Waals surface area (Å²) in [6.45, 7) is 0.263. The number of fused-ring (bicyclic) bond motifs is 2. The Bertz CT molecular complexity index is 829. The van der Waals surface area contributed by atoms with Crippen LogP contribution in [0.4, 0.5) is 5.69 Å². The number of hydrogen-bond acceptors (Lipinski definition) is 4. The van der Waals surface area contributed by atoms with E-state index in [1.807, 2.05) is 30.3 Å². The molecular formula is C14H10BrN3O2. The molecule has 0 spiro atoms. The fourth-order valence-corrected chi connectivity index (χ4v) is 2.76. The second kappa shape index (κ2) is 4.14. The van der Waals surface area contributed by atoms with Crippen LogP contribution in [-0.2, 0) is 0 Å². The van der Waals surface area contributed by atoms with Crippen LogP contribution in [0.15, 0.2) is 34.8 Å². The lowest BCUT2D eigenvalue weighted by Gasteiger charge is -1.99. The van der Waals surface area contributed by atoms with Gasteiger partial charge in [0.1, 0.15) is 11.3 Å². The van der Waals surface area contributed by atoms with Gasteiger partial charge in [-0.3, -0.25) is 0 Å². The number of halogens is 1. The van der Waals surface area contributed by atoms with E-state index < -0.39 is 0 Å². The van der Waals surface area contributed by atoms with E-state index in [4.69, 9.17) is 15.2 Å². The predicted octanol–water partition coefficient (Wildman–Crippen LogP) is 3.30. The largest absolute Gasteiger partial charge is 0.454 e. The van der Waals surface area contributed by atoms with Crippen molar-refractivity contribution in [3.63, 3.8) is 0 Å². The molecule has 3 aromatic rings. The molecule has 2 aromatic carbocycles. The maximum Gasteiger partial charge on any atom is 0.231 e. The van der Waals surface area contributed by atoms with Gasteiger partial charge in [0.2, 0.25) is 6.79 Å². The summed E-state index contributed by atoms with van der Waals surface area (Å²) < 4.78 is 11.6. The molecule has 0 saturated heterocycles. The maximum absolute atomic E-state index is 5.98. The Hall–Kier alpha value is -2.21. The first-order valence-electron chi connectivity index (χ1n) is 6.05. The molecule has 0 aliphatic carbocycles. The van der Waals surface area contributed by atoms with Gasteiger partial charge in [-0.1, -0.05) is 15.9 Å². The molecule has 0 amide bonds. The van der Waals surface area contributed by atoms with Crippen molar-refractivity contribution in [2.45, 2.75) is 0 Å². The van der Waals surface area contributed by atoms with E-state index in [0.29, 0.717) is 5.69 Å². The molecule has 1 aliphatic heterocycles. The van der Waals surface area contributed by atoms with Crippen molar-refractivity contribution in [1.82, 2.24) is 9.97 Å². The predicted molar refractivity (Wildman–Crippen MR) is 79.8 cm³/mol. The Morgan fingerprint density at radius 3 is 2.90 bits per heavy atom. The lowest BCUT2D eigenvalue weighted by molar-refractivity contribution is 0.174. The molecule has 0 radical (unpaired) electrons. The molecule has 20 heavy (non-hydrogen) atoms. The number of nitrogen functional groups attached to an aromatic ring is 1. The van der Waals surface area contributed by atoms with Crippen LogP contribution >= 0.6 is 15.9 Å². The van der Waals surface area contributed by atoms with Crippen LogP contribution in [0.2, 0.25) is 0 Å². The van der Waals surface area contributed by atoms with E-state index in [9.17, 15) is 0 Å². The summed E-state index contributed by atoms with van der Waals surface area (Å²) in [5.41, 5.74) is 9.21. The maximum atomic E-state index is 5.98. The average molecular weight is 332 g/mol. The summed E-state index contributed by atoms with van der Waals surface area (Å²) in [5, 5.41) is 0. The number of aromatic amines is 1. The number of H-pyrrole nitrogens is 1. The van der Waals surface area contributed by atoms with E-state index >= 15 is 0 Å². The van der Waals surface area contributed by atoms with Gasteiger partial charge in [0, 0.05) is 10.0 Å². The molecule has 0 atom stereocenters. The zero-order chi connectivity index (χ0) is 13.7. The number of benzene rings is 2. The Morgan fingerprint density at radius 1 is 1.15 bits per heavy atom. The number of nitrogens with one attached hydrogen (secondary N) is 1. The van der Waals surface area contributed by atoms with Crippen LogP contribution in [-0.4, -0.2) is 16.8 Å². The van der Waals surface area contributed by atoms with Crippen molar-refractivity contribution < 1.29 is 9.47 Å². The van der Waals surface area contributed by atoms with Crippen LogP contribution in [0.25, 0.3) is 22.4 Å². The van der Waals surface area contributed by atoms with E-state index in [1.165, 1.54) is 0 Å². The Morgan fingerprint density at radius 2 is 2.00 bits per heavy atom. The highest BCUT2D eigenvalue weighted by atomic mass is 79.9. The summed E-state index contributed by atoms with van der Waals surface area (Å²) in [6.07, 6.45) is 0. The SMILES string of the molecule is Nc1cc(Br)cc2[nH]c(-c3ccc4c(c3)OCO4)nc12. The summed E-state index contributed by atoms with van der Waals surface area (Å²) in [6, 6.07) is 9.52. The van der Waals surface area contributed by atoms with Gasteiger partial charge in [-0.2, -0.15) is 0 Å². The molecule has 5 nitrogen and oxygen atoms in total. The zero-order valence-electron chi connectivity index (χ0n) is 10.3. The number of hydrogen-bond donors (Lipinski definition) is 2. The molecule has 0 fully saturated rings. The van der Waals surface area contributed by atoms with Crippen molar-refractivity contribution >= 4 is 32.7 Å². The quantitative estimate of drug-likeness (QED) is 0.671. The van der Waals surface area contributed by atoms with E-state index in [1.54, 1.807) is 0 Å². The zero-order valence-corrected chi connectivity index (χ0v) is 11.9. The summed E-state index contributed by atoms with van der Waals surface area (Å²) in [4.78, 5) is 7.82. The summed E-state index contributed by atoms with van der Waals surface area (Å²) >= 11 is 3.43. The second-order valence-corrected chi connectivity index (χ2v) is 5.46. The lowest BCUT2D eigenvalue weighted by Crippen LogP contribution is -1.92. The molecule has 0 bridgehead atoms. The van der Waals surface area contributed by atoms with E-state index in [2.05, 4.69) is 25.9 Å². The minimum atomic E-state index is 0.263.